The highest BCUT2D eigenvalue weighted by Crippen LogP contribution is 2.42. The van der Waals surface area contributed by atoms with Gasteiger partial charge < -0.3 is 10.3 Å². The maximum atomic E-state index is 12.3. The number of benzene rings is 2. The van der Waals surface area contributed by atoms with Crippen LogP contribution in [0.3, 0.4) is 0 Å². The number of amides is 1. The first kappa shape index (κ1) is 12.2. The minimum atomic E-state index is -0.437. The van der Waals surface area contributed by atoms with Crippen molar-refractivity contribution < 1.29 is 4.79 Å². The third kappa shape index (κ3) is 1.51. The number of fused-ring (bicyclic) bond motifs is 2. The number of H-pyrrole nitrogens is 1. The Bertz CT molecular complexity index is 849. The highest BCUT2D eigenvalue weighted by Gasteiger charge is 2.43. The molecule has 1 atom stereocenters. The van der Waals surface area contributed by atoms with E-state index in [-0.39, 0.29) is 5.91 Å². The lowest BCUT2D eigenvalue weighted by Crippen LogP contribution is -2.39. The summed E-state index contributed by atoms with van der Waals surface area (Å²) >= 11 is 0. The first-order valence-corrected chi connectivity index (χ1v) is 7.25. The van der Waals surface area contributed by atoms with Crippen LogP contribution in [-0.2, 0) is 5.54 Å². The van der Waals surface area contributed by atoms with Crippen LogP contribution in [-0.4, -0.2) is 10.9 Å². The summed E-state index contributed by atoms with van der Waals surface area (Å²) in [6.45, 7) is 2.12. The van der Waals surface area contributed by atoms with Gasteiger partial charge in [-0.15, -0.1) is 0 Å². The number of hydrogen-bond acceptors (Lipinski definition) is 1. The summed E-state index contributed by atoms with van der Waals surface area (Å²) in [5, 5.41) is 4.38. The van der Waals surface area contributed by atoms with Crippen LogP contribution in [0, 0.1) is 0 Å². The van der Waals surface area contributed by atoms with Crippen molar-refractivity contribution in [3.8, 4) is 0 Å². The first-order valence-electron chi connectivity index (χ1n) is 7.25. The maximum absolute atomic E-state index is 12.3. The highest BCUT2D eigenvalue weighted by molar-refractivity contribution is 6.02. The van der Waals surface area contributed by atoms with E-state index in [0.29, 0.717) is 0 Å². The lowest BCUT2D eigenvalue weighted by Gasteiger charge is -2.29. The van der Waals surface area contributed by atoms with Crippen molar-refractivity contribution in [2.24, 2.45) is 0 Å². The van der Waals surface area contributed by atoms with Gasteiger partial charge in [-0.2, -0.15) is 0 Å². The Kier molecular flexibility index (Phi) is 2.45. The van der Waals surface area contributed by atoms with Crippen LogP contribution in [0.15, 0.2) is 54.7 Å². The molecule has 0 saturated heterocycles. The van der Waals surface area contributed by atoms with E-state index in [1.54, 1.807) is 0 Å². The molecule has 21 heavy (non-hydrogen) atoms. The van der Waals surface area contributed by atoms with Crippen molar-refractivity contribution >= 4 is 16.8 Å². The van der Waals surface area contributed by atoms with Crippen LogP contribution in [0.5, 0.6) is 0 Å². The Balaban J connectivity index is 2.03. The molecule has 0 saturated carbocycles. The van der Waals surface area contributed by atoms with Crippen LogP contribution in [0.1, 0.15) is 34.8 Å². The quantitative estimate of drug-likeness (QED) is 0.738. The van der Waals surface area contributed by atoms with Gasteiger partial charge in [-0.3, -0.25) is 4.79 Å². The molecule has 104 valence electrons. The topological polar surface area (TPSA) is 44.9 Å². The van der Waals surface area contributed by atoms with E-state index in [1.807, 2.05) is 36.5 Å². The lowest BCUT2D eigenvalue weighted by atomic mass is 9.81. The van der Waals surface area contributed by atoms with Crippen LogP contribution < -0.4 is 5.32 Å². The SMILES string of the molecule is CC[C@]1(c2c[nH]c3ccccc23)NC(=O)c2ccccc21. The molecule has 2 N–H and O–H groups in total. The van der Waals surface area contributed by atoms with E-state index in [1.165, 1.54) is 0 Å². The van der Waals surface area contributed by atoms with E-state index in [2.05, 4.69) is 35.4 Å². The van der Waals surface area contributed by atoms with E-state index < -0.39 is 5.54 Å². The van der Waals surface area contributed by atoms with Crippen LogP contribution in [0.25, 0.3) is 10.9 Å². The number of hydrogen-bond donors (Lipinski definition) is 2. The zero-order valence-electron chi connectivity index (χ0n) is 11.8. The number of para-hydroxylation sites is 1. The number of rotatable bonds is 2. The van der Waals surface area contributed by atoms with Gasteiger partial charge in [0.1, 0.15) is 0 Å². The van der Waals surface area contributed by atoms with Crippen LogP contribution in [0.2, 0.25) is 0 Å². The summed E-state index contributed by atoms with van der Waals surface area (Å²) in [5.41, 5.74) is 3.65. The van der Waals surface area contributed by atoms with Crippen molar-refractivity contribution in [2.75, 3.05) is 0 Å². The molecule has 3 heteroatoms. The van der Waals surface area contributed by atoms with Gasteiger partial charge in [0.25, 0.3) is 5.91 Å². The Morgan fingerprint density at radius 1 is 1.00 bits per heavy atom. The molecular weight excluding hydrogens is 260 g/mol. The Labute approximate surface area is 123 Å². The number of aromatic amines is 1. The van der Waals surface area contributed by atoms with Gasteiger partial charge in [-0.25, -0.2) is 0 Å². The molecule has 1 aliphatic rings. The van der Waals surface area contributed by atoms with Crippen molar-refractivity contribution in [2.45, 2.75) is 18.9 Å². The zero-order chi connectivity index (χ0) is 14.4. The molecule has 1 aromatic heterocycles. The van der Waals surface area contributed by atoms with E-state index >= 15 is 0 Å². The number of aromatic nitrogens is 1. The molecule has 0 radical (unpaired) electrons. The zero-order valence-corrected chi connectivity index (χ0v) is 11.8. The Morgan fingerprint density at radius 3 is 2.62 bits per heavy atom. The molecule has 0 spiro atoms. The summed E-state index contributed by atoms with van der Waals surface area (Å²) in [5.74, 6) is 0.0118. The molecule has 0 fully saturated rings. The standard InChI is InChI=1S/C18H16N2O/c1-2-18(14-9-5-3-8-13(14)17(21)20-18)15-11-19-16-10-6-4-7-12(15)16/h3-11,19H,2H2,1H3,(H,20,21)/t18-/m0/s1. The van der Waals surface area contributed by atoms with E-state index in [0.717, 1.165) is 34.0 Å². The summed E-state index contributed by atoms with van der Waals surface area (Å²) in [7, 11) is 0. The lowest BCUT2D eigenvalue weighted by molar-refractivity contribution is 0.0939. The highest BCUT2D eigenvalue weighted by atomic mass is 16.2. The molecular formula is C18H16N2O. The third-order valence-corrected chi connectivity index (χ3v) is 4.54. The maximum Gasteiger partial charge on any atom is 0.252 e. The normalized spacial score (nSPS) is 20.5. The molecule has 2 heterocycles. The predicted molar refractivity (Wildman–Crippen MR) is 83.3 cm³/mol. The van der Waals surface area contributed by atoms with Crippen molar-refractivity contribution in [3.05, 3.63) is 71.4 Å². The van der Waals surface area contributed by atoms with Gasteiger partial charge in [0.15, 0.2) is 0 Å². The van der Waals surface area contributed by atoms with Gasteiger partial charge in [-0.1, -0.05) is 43.3 Å². The van der Waals surface area contributed by atoms with Gasteiger partial charge in [0.05, 0.1) is 5.54 Å². The summed E-state index contributed by atoms with van der Waals surface area (Å²) in [6.07, 6.45) is 2.84. The van der Waals surface area contributed by atoms with E-state index in [9.17, 15) is 4.79 Å². The molecule has 1 amide bonds. The predicted octanol–water partition coefficient (Wildman–Crippen LogP) is 3.56. The van der Waals surface area contributed by atoms with Crippen molar-refractivity contribution in [3.63, 3.8) is 0 Å². The third-order valence-electron chi connectivity index (χ3n) is 4.54. The second-order valence-electron chi connectivity index (χ2n) is 5.51. The monoisotopic (exact) mass is 276 g/mol. The second-order valence-corrected chi connectivity index (χ2v) is 5.51. The van der Waals surface area contributed by atoms with Crippen LogP contribution >= 0.6 is 0 Å². The fourth-order valence-electron chi connectivity index (χ4n) is 3.49. The fraction of sp³-hybridized carbons (Fsp3) is 0.167. The van der Waals surface area contributed by atoms with Gasteiger partial charge >= 0.3 is 0 Å². The summed E-state index contributed by atoms with van der Waals surface area (Å²) < 4.78 is 0. The first-order chi connectivity index (χ1) is 10.3. The average molecular weight is 276 g/mol. The van der Waals surface area contributed by atoms with Crippen molar-refractivity contribution in [1.29, 1.82) is 0 Å². The van der Waals surface area contributed by atoms with E-state index in [4.69, 9.17) is 0 Å². The second kappa shape index (κ2) is 4.22. The summed E-state index contributed by atoms with van der Waals surface area (Å²) in [6, 6.07) is 16.1. The molecule has 0 unspecified atom stereocenters. The fourth-order valence-corrected chi connectivity index (χ4v) is 3.49. The van der Waals surface area contributed by atoms with Crippen molar-refractivity contribution in [1.82, 2.24) is 10.3 Å². The molecule has 0 bridgehead atoms. The minimum absolute atomic E-state index is 0.0118. The largest absolute Gasteiger partial charge is 0.361 e. The minimum Gasteiger partial charge on any atom is -0.361 e. The smallest absolute Gasteiger partial charge is 0.252 e. The Morgan fingerprint density at radius 2 is 1.76 bits per heavy atom. The number of carbonyl (C=O) groups is 1. The summed E-state index contributed by atoms with van der Waals surface area (Å²) in [4.78, 5) is 15.7. The molecule has 1 aliphatic heterocycles. The molecule has 3 nitrogen and oxygen atoms in total. The number of nitrogens with one attached hydrogen (secondary N) is 2. The number of carbonyl (C=O) groups excluding carboxylic acids is 1. The molecule has 4 rings (SSSR count). The average Bonchev–Trinajstić information content (AvgIpc) is 3.08. The molecule has 0 aliphatic carbocycles. The van der Waals surface area contributed by atoms with Crippen LogP contribution in [0.4, 0.5) is 0 Å². The van der Waals surface area contributed by atoms with Gasteiger partial charge in [-0.05, 0) is 24.1 Å². The Hall–Kier alpha value is -2.55. The van der Waals surface area contributed by atoms with Gasteiger partial charge in [0, 0.05) is 28.2 Å². The molecule has 3 aromatic rings. The van der Waals surface area contributed by atoms with Gasteiger partial charge in [0.2, 0.25) is 0 Å². The molecule has 2 aromatic carbocycles.